The van der Waals surface area contributed by atoms with Crippen molar-refractivity contribution in [2.75, 3.05) is 6.61 Å². The molecule has 2 atom stereocenters. The first-order chi connectivity index (χ1) is 11.2. The molecule has 1 heterocycles. The first kappa shape index (κ1) is 15.3. The van der Waals surface area contributed by atoms with E-state index in [1.165, 1.54) is 5.56 Å². The summed E-state index contributed by atoms with van der Waals surface area (Å²) in [6, 6.07) is 20.6. The number of cyclic esters (lactones) is 1. The van der Waals surface area contributed by atoms with Gasteiger partial charge >= 0.3 is 6.09 Å². The quantitative estimate of drug-likeness (QED) is 0.821. The molecule has 0 saturated carbocycles. The Labute approximate surface area is 137 Å². The highest BCUT2D eigenvalue weighted by Gasteiger charge is 2.29. The number of carbonyl (C=O) groups excluding carboxylic acids is 1. The highest BCUT2D eigenvalue weighted by atomic mass is 16.6. The van der Waals surface area contributed by atoms with Crippen molar-refractivity contribution < 1.29 is 9.53 Å². The maximum atomic E-state index is 12.0. The van der Waals surface area contributed by atoms with E-state index >= 15 is 0 Å². The molecule has 3 nitrogen and oxygen atoms in total. The van der Waals surface area contributed by atoms with Crippen molar-refractivity contribution in [1.29, 1.82) is 0 Å². The molecule has 3 heteroatoms. The molecule has 0 aromatic heterocycles. The van der Waals surface area contributed by atoms with E-state index in [4.69, 9.17) is 4.74 Å². The molecule has 0 radical (unpaired) electrons. The molecule has 1 aliphatic heterocycles. The van der Waals surface area contributed by atoms with Crippen LogP contribution in [0.3, 0.4) is 0 Å². The van der Waals surface area contributed by atoms with Gasteiger partial charge in [0.2, 0.25) is 0 Å². The third kappa shape index (κ3) is 3.29. The van der Waals surface area contributed by atoms with Crippen LogP contribution in [0.1, 0.15) is 30.9 Å². The predicted molar refractivity (Wildman–Crippen MR) is 91.9 cm³/mol. The topological polar surface area (TPSA) is 29.5 Å². The first-order valence-corrected chi connectivity index (χ1v) is 7.94. The number of hydrogen-bond acceptors (Lipinski definition) is 2. The van der Waals surface area contributed by atoms with Gasteiger partial charge in [0, 0.05) is 12.1 Å². The lowest BCUT2D eigenvalue weighted by atomic mass is 9.88. The molecule has 0 unspecified atom stereocenters. The van der Waals surface area contributed by atoms with Crippen molar-refractivity contribution in [3.8, 4) is 0 Å². The summed E-state index contributed by atoms with van der Waals surface area (Å²) in [6.45, 7) is 4.61. The van der Waals surface area contributed by atoms with Crippen molar-refractivity contribution in [1.82, 2.24) is 4.90 Å². The van der Waals surface area contributed by atoms with Gasteiger partial charge in [-0.1, -0.05) is 67.6 Å². The average Bonchev–Trinajstić information content (AvgIpc) is 2.92. The summed E-state index contributed by atoms with van der Waals surface area (Å²) in [5.74, 6) is 0.180. The van der Waals surface area contributed by atoms with Crippen molar-refractivity contribution in [3.63, 3.8) is 0 Å². The Bertz CT molecular complexity index is 694. The van der Waals surface area contributed by atoms with Crippen LogP contribution in [0.25, 0.3) is 5.57 Å². The number of benzene rings is 2. The second kappa shape index (κ2) is 6.69. The molecule has 0 aliphatic carbocycles. The standard InChI is InChI=1S/C20H21NO2/c1-15-14-23-20(22)21(15)13-19(18-11-7-4-8-12-18)16(2)17-9-5-3-6-10-17/h3-13,15-16H,14H2,1-2H3/b19-13+/t15-,16+/m0/s1. The Kier molecular flexibility index (Phi) is 4.47. The fourth-order valence-corrected chi connectivity index (χ4v) is 2.84. The van der Waals surface area contributed by atoms with Gasteiger partial charge in [-0.2, -0.15) is 0 Å². The SMILES string of the molecule is C[C@@H](/C(=C\N1C(=O)OC[C@@H]1C)c1ccccc1)c1ccccc1. The summed E-state index contributed by atoms with van der Waals surface area (Å²) in [7, 11) is 0. The molecule has 3 rings (SSSR count). The number of hydrogen-bond donors (Lipinski definition) is 0. The van der Waals surface area contributed by atoms with Crippen LogP contribution in [-0.2, 0) is 4.74 Å². The zero-order valence-electron chi connectivity index (χ0n) is 13.5. The summed E-state index contributed by atoms with van der Waals surface area (Å²) in [5.41, 5.74) is 3.46. The normalized spacial score (nSPS) is 19.6. The van der Waals surface area contributed by atoms with Crippen LogP contribution in [0.2, 0.25) is 0 Å². The Morgan fingerprint density at radius 3 is 2.30 bits per heavy atom. The van der Waals surface area contributed by atoms with E-state index in [0.717, 1.165) is 11.1 Å². The Hall–Kier alpha value is -2.55. The number of allylic oxidation sites excluding steroid dienone is 1. The van der Waals surface area contributed by atoms with Gasteiger partial charge in [0.25, 0.3) is 0 Å². The summed E-state index contributed by atoms with van der Waals surface area (Å²) < 4.78 is 5.14. The molecule has 2 aromatic carbocycles. The van der Waals surface area contributed by atoms with Gasteiger partial charge in [0.05, 0.1) is 6.04 Å². The maximum Gasteiger partial charge on any atom is 0.414 e. The Morgan fingerprint density at radius 1 is 1.13 bits per heavy atom. The fourth-order valence-electron chi connectivity index (χ4n) is 2.84. The zero-order chi connectivity index (χ0) is 16.2. The minimum atomic E-state index is -0.272. The van der Waals surface area contributed by atoms with Gasteiger partial charge in [0.15, 0.2) is 0 Å². The van der Waals surface area contributed by atoms with Crippen LogP contribution >= 0.6 is 0 Å². The van der Waals surface area contributed by atoms with Gasteiger partial charge in [-0.05, 0) is 23.6 Å². The molecule has 0 N–H and O–H groups in total. The first-order valence-electron chi connectivity index (χ1n) is 7.94. The van der Waals surface area contributed by atoms with Gasteiger partial charge in [0.1, 0.15) is 6.61 Å². The van der Waals surface area contributed by atoms with E-state index in [-0.39, 0.29) is 18.1 Å². The molecular weight excluding hydrogens is 286 g/mol. The van der Waals surface area contributed by atoms with E-state index in [1.54, 1.807) is 4.90 Å². The summed E-state index contributed by atoms with van der Waals surface area (Å²) in [5, 5.41) is 0. The number of nitrogens with zero attached hydrogens (tertiary/aromatic N) is 1. The molecule has 0 bridgehead atoms. The second-order valence-electron chi connectivity index (χ2n) is 5.92. The summed E-state index contributed by atoms with van der Waals surface area (Å²) >= 11 is 0. The third-order valence-electron chi connectivity index (χ3n) is 4.29. The van der Waals surface area contributed by atoms with Crippen LogP contribution in [-0.4, -0.2) is 23.6 Å². The molecule has 0 spiro atoms. The molecule has 2 aromatic rings. The molecule has 1 fully saturated rings. The zero-order valence-corrected chi connectivity index (χ0v) is 13.5. The summed E-state index contributed by atoms with van der Waals surface area (Å²) in [4.78, 5) is 13.7. The van der Waals surface area contributed by atoms with Crippen LogP contribution in [0, 0.1) is 0 Å². The molecule has 1 aliphatic rings. The van der Waals surface area contributed by atoms with Gasteiger partial charge in [-0.3, -0.25) is 4.90 Å². The highest BCUT2D eigenvalue weighted by molar-refractivity contribution is 5.77. The third-order valence-corrected chi connectivity index (χ3v) is 4.29. The van der Waals surface area contributed by atoms with Crippen molar-refractivity contribution in [2.24, 2.45) is 0 Å². The van der Waals surface area contributed by atoms with E-state index in [2.05, 4.69) is 31.2 Å². The number of amides is 1. The van der Waals surface area contributed by atoms with Gasteiger partial charge < -0.3 is 4.74 Å². The van der Waals surface area contributed by atoms with E-state index in [1.807, 2.05) is 49.5 Å². The lowest BCUT2D eigenvalue weighted by Crippen LogP contribution is -2.26. The van der Waals surface area contributed by atoms with Crippen LogP contribution in [0.15, 0.2) is 66.9 Å². The maximum absolute atomic E-state index is 12.0. The van der Waals surface area contributed by atoms with Crippen molar-refractivity contribution in [2.45, 2.75) is 25.8 Å². The number of rotatable bonds is 4. The van der Waals surface area contributed by atoms with E-state index in [0.29, 0.717) is 6.61 Å². The molecular formula is C20H21NO2. The van der Waals surface area contributed by atoms with Crippen molar-refractivity contribution in [3.05, 3.63) is 78.0 Å². The monoisotopic (exact) mass is 307 g/mol. The van der Waals surface area contributed by atoms with Gasteiger partial charge in [-0.25, -0.2) is 4.79 Å². The van der Waals surface area contributed by atoms with Gasteiger partial charge in [-0.15, -0.1) is 0 Å². The number of carbonyl (C=O) groups is 1. The largest absolute Gasteiger partial charge is 0.447 e. The highest BCUT2D eigenvalue weighted by Crippen LogP contribution is 2.33. The Balaban J connectivity index is 2.02. The van der Waals surface area contributed by atoms with Crippen LogP contribution < -0.4 is 0 Å². The smallest absolute Gasteiger partial charge is 0.414 e. The van der Waals surface area contributed by atoms with E-state index in [9.17, 15) is 4.79 Å². The fraction of sp³-hybridized carbons (Fsp3) is 0.250. The lowest BCUT2D eigenvalue weighted by Gasteiger charge is -2.21. The minimum absolute atomic E-state index is 0.0594. The molecule has 118 valence electrons. The summed E-state index contributed by atoms with van der Waals surface area (Å²) in [6.07, 6.45) is 1.68. The minimum Gasteiger partial charge on any atom is -0.447 e. The number of ether oxygens (including phenoxy) is 1. The molecule has 1 amide bonds. The van der Waals surface area contributed by atoms with Crippen molar-refractivity contribution >= 4 is 11.7 Å². The average molecular weight is 307 g/mol. The Morgan fingerprint density at radius 2 is 1.74 bits per heavy atom. The van der Waals surface area contributed by atoms with Crippen LogP contribution in [0.4, 0.5) is 4.79 Å². The lowest BCUT2D eigenvalue weighted by molar-refractivity contribution is 0.166. The molecule has 1 saturated heterocycles. The predicted octanol–water partition coefficient (Wildman–Crippen LogP) is 4.67. The molecule has 23 heavy (non-hydrogen) atoms. The second-order valence-corrected chi connectivity index (χ2v) is 5.92. The van der Waals surface area contributed by atoms with Crippen LogP contribution in [0.5, 0.6) is 0 Å². The van der Waals surface area contributed by atoms with E-state index < -0.39 is 0 Å².